The Kier molecular flexibility index (Phi) is 2.64. The van der Waals surface area contributed by atoms with Crippen LogP contribution in [0.25, 0.3) is 11.1 Å². The van der Waals surface area contributed by atoms with Crippen molar-refractivity contribution in [2.45, 2.75) is 0 Å². The molecule has 4 heteroatoms. The van der Waals surface area contributed by atoms with Crippen LogP contribution in [0, 0.1) is 11.6 Å². The van der Waals surface area contributed by atoms with Crippen LogP contribution < -0.4 is 0 Å². The van der Waals surface area contributed by atoms with Gasteiger partial charge >= 0.3 is 0 Å². The molecule has 0 saturated heterocycles. The predicted molar refractivity (Wildman–Crippen MR) is 54.6 cm³/mol. The number of pyridine rings is 1. The van der Waals surface area contributed by atoms with Gasteiger partial charge in [0.05, 0.1) is 5.02 Å². The van der Waals surface area contributed by atoms with Crippen molar-refractivity contribution in [2.75, 3.05) is 0 Å². The first kappa shape index (κ1) is 10.1. The highest BCUT2D eigenvalue weighted by atomic mass is 35.5. The van der Waals surface area contributed by atoms with Crippen LogP contribution in [-0.4, -0.2) is 4.98 Å². The quantitative estimate of drug-likeness (QED) is 0.722. The molecule has 0 spiro atoms. The Morgan fingerprint density at radius 3 is 2.60 bits per heavy atom. The molecule has 0 fully saturated rings. The Labute approximate surface area is 90.3 Å². The van der Waals surface area contributed by atoms with Crippen molar-refractivity contribution in [1.29, 1.82) is 0 Å². The minimum Gasteiger partial charge on any atom is -0.263 e. The summed E-state index contributed by atoms with van der Waals surface area (Å²) in [6.07, 6.45) is 2.87. The number of rotatable bonds is 1. The Morgan fingerprint density at radius 1 is 1.07 bits per heavy atom. The summed E-state index contributed by atoms with van der Waals surface area (Å²) in [6.45, 7) is 0. The Hall–Kier alpha value is -1.48. The number of nitrogens with zero attached hydrogens (tertiary/aromatic N) is 1. The molecule has 0 bridgehead atoms. The minimum atomic E-state index is -0.510. The summed E-state index contributed by atoms with van der Waals surface area (Å²) in [5, 5.41) is 0.294. The SMILES string of the molecule is Fc1ccc(F)c(-c2ccncc2Cl)c1. The van der Waals surface area contributed by atoms with Crippen LogP contribution in [0.4, 0.5) is 8.78 Å². The van der Waals surface area contributed by atoms with Crippen molar-refractivity contribution in [3.63, 3.8) is 0 Å². The molecule has 0 aliphatic heterocycles. The Morgan fingerprint density at radius 2 is 1.87 bits per heavy atom. The predicted octanol–water partition coefficient (Wildman–Crippen LogP) is 3.68. The highest BCUT2D eigenvalue weighted by Gasteiger charge is 2.09. The number of halogens is 3. The van der Waals surface area contributed by atoms with Gasteiger partial charge in [0.2, 0.25) is 0 Å². The summed E-state index contributed by atoms with van der Waals surface area (Å²) < 4.78 is 26.3. The molecule has 1 nitrogen and oxygen atoms in total. The van der Waals surface area contributed by atoms with Crippen LogP contribution >= 0.6 is 11.6 Å². The number of hydrogen-bond acceptors (Lipinski definition) is 1. The van der Waals surface area contributed by atoms with E-state index in [1.807, 2.05) is 0 Å². The van der Waals surface area contributed by atoms with Gasteiger partial charge in [0, 0.05) is 23.5 Å². The van der Waals surface area contributed by atoms with E-state index in [9.17, 15) is 8.78 Å². The molecule has 0 amide bonds. The smallest absolute Gasteiger partial charge is 0.131 e. The zero-order valence-corrected chi connectivity index (χ0v) is 8.30. The van der Waals surface area contributed by atoms with Gasteiger partial charge in [-0.15, -0.1) is 0 Å². The van der Waals surface area contributed by atoms with Gasteiger partial charge in [-0.1, -0.05) is 11.6 Å². The second-order valence-electron chi connectivity index (χ2n) is 2.98. The maximum atomic E-state index is 13.4. The third-order valence-corrected chi connectivity index (χ3v) is 2.29. The van der Waals surface area contributed by atoms with E-state index in [0.717, 1.165) is 18.2 Å². The summed E-state index contributed by atoms with van der Waals surface area (Å²) >= 11 is 5.83. The molecular formula is C11H6ClF2N. The molecule has 0 saturated carbocycles. The molecule has 1 aromatic carbocycles. The largest absolute Gasteiger partial charge is 0.263 e. The van der Waals surface area contributed by atoms with Crippen molar-refractivity contribution in [1.82, 2.24) is 4.98 Å². The first-order chi connectivity index (χ1) is 7.18. The topological polar surface area (TPSA) is 12.9 Å². The van der Waals surface area contributed by atoms with Crippen molar-refractivity contribution in [2.24, 2.45) is 0 Å². The summed E-state index contributed by atoms with van der Waals surface area (Å²) in [7, 11) is 0. The van der Waals surface area contributed by atoms with Gasteiger partial charge in [-0.2, -0.15) is 0 Å². The standard InChI is InChI=1S/C11H6ClF2N/c12-10-6-15-4-3-8(10)9-5-7(13)1-2-11(9)14/h1-6H. The molecule has 0 radical (unpaired) electrons. The van der Waals surface area contributed by atoms with E-state index >= 15 is 0 Å². The molecule has 2 aromatic rings. The number of benzene rings is 1. The fourth-order valence-electron chi connectivity index (χ4n) is 1.30. The highest BCUT2D eigenvalue weighted by molar-refractivity contribution is 6.33. The van der Waals surface area contributed by atoms with Gasteiger partial charge in [0.25, 0.3) is 0 Å². The maximum Gasteiger partial charge on any atom is 0.131 e. The van der Waals surface area contributed by atoms with Crippen molar-refractivity contribution < 1.29 is 8.78 Å². The van der Waals surface area contributed by atoms with Crippen molar-refractivity contribution in [3.8, 4) is 11.1 Å². The fourth-order valence-corrected chi connectivity index (χ4v) is 1.52. The first-order valence-electron chi connectivity index (χ1n) is 4.23. The van der Waals surface area contributed by atoms with Gasteiger partial charge < -0.3 is 0 Å². The molecule has 15 heavy (non-hydrogen) atoms. The zero-order chi connectivity index (χ0) is 10.8. The van der Waals surface area contributed by atoms with Gasteiger partial charge in [-0.25, -0.2) is 8.78 Å². The van der Waals surface area contributed by atoms with E-state index in [4.69, 9.17) is 11.6 Å². The number of aromatic nitrogens is 1. The van der Waals surface area contributed by atoms with Gasteiger partial charge in [-0.05, 0) is 24.3 Å². The lowest BCUT2D eigenvalue weighted by Gasteiger charge is -2.04. The third-order valence-electron chi connectivity index (χ3n) is 1.99. The van der Waals surface area contributed by atoms with E-state index in [1.165, 1.54) is 12.4 Å². The van der Waals surface area contributed by atoms with Crippen LogP contribution in [0.15, 0.2) is 36.7 Å². The van der Waals surface area contributed by atoms with Crippen LogP contribution in [-0.2, 0) is 0 Å². The van der Waals surface area contributed by atoms with Crippen LogP contribution in [0.1, 0.15) is 0 Å². The second-order valence-corrected chi connectivity index (χ2v) is 3.39. The molecule has 76 valence electrons. The van der Waals surface area contributed by atoms with Crippen LogP contribution in [0.3, 0.4) is 0 Å². The second kappa shape index (κ2) is 3.95. The highest BCUT2D eigenvalue weighted by Crippen LogP contribution is 2.29. The summed E-state index contributed by atoms with van der Waals surface area (Å²) in [6, 6.07) is 4.78. The molecule has 1 aromatic heterocycles. The van der Waals surface area contributed by atoms with E-state index in [0.29, 0.717) is 10.6 Å². The average molecular weight is 226 g/mol. The molecule has 0 N–H and O–H groups in total. The van der Waals surface area contributed by atoms with Crippen LogP contribution in [0.5, 0.6) is 0 Å². The Bertz CT molecular complexity index is 500. The Balaban J connectivity index is 2.64. The molecule has 0 atom stereocenters. The van der Waals surface area contributed by atoms with E-state index in [1.54, 1.807) is 6.07 Å². The van der Waals surface area contributed by atoms with Crippen molar-refractivity contribution in [3.05, 3.63) is 53.3 Å². The van der Waals surface area contributed by atoms with E-state index < -0.39 is 11.6 Å². The number of hydrogen-bond donors (Lipinski definition) is 0. The lowest BCUT2D eigenvalue weighted by atomic mass is 10.1. The van der Waals surface area contributed by atoms with Crippen molar-refractivity contribution >= 4 is 11.6 Å². The molecule has 0 aliphatic rings. The summed E-state index contributed by atoms with van der Waals surface area (Å²) in [4.78, 5) is 3.77. The van der Waals surface area contributed by atoms with E-state index in [2.05, 4.69) is 4.98 Å². The van der Waals surface area contributed by atoms with Gasteiger partial charge in [-0.3, -0.25) is 4.98 Å². The van der Waals surface area contributed by atoms with Crippen LogP contribution in [0.2, 0.25) is 5.02 Å². The summed E-state index contributed by atoms with van der Waals surface area (Å²) in [5.41, 5.74) is 0.575. The van der Waals surface area contributed by atoms with Gasteiger partial charge in [0.15, 0.2) is 0 Å². The molecule has 2 rings (SSSR count). The third kappa shape index (κ3) is 1.97. The minimum absolute atomic E-state index is 0.141. The average Bonchev–Trinajstić information content (AvgIpc) is 2.23. The fraction of sp³-hybridized carbons (Fsp3) is 0. The lowest BCUT2D eigenvalue weighted by Crippen LogP contribution is -1.87. The molecule has 1 heterocycles. The zero-order valence-electron chi connectivity index (χ0n) is 7.55. The molecule has 0 unspecified atom stereocenters. The normalized spacial score (nSPS) is 10.3. The van der Waals surface area contributed by atoms with Gasteiger partial charge in [0.1, 0.15) is 11.6 Å². The maximum absolute atomic E-state index is 13.4. The van der Waals surface area contributed by atoms with E-state index in [-0.39, 0.29) is 5.56 Å². The molecule has 0 aliphatic carbocycles. The summed E-state index contributed by atoms with van der Waals surface area (Å²) in [5.74, 6) is -1.01. The lowest BCUT2D eigenvalue weighted by molar-refractivity contribution is 0.603. The first-order valence-corrected chi connectivity index (χ1v) is 4.61. The monoisotopic (exact) mass is 225 g/mol. The molecular weight excluding hydrogens is 220 g/mol.